The molecule has 5 aromatic rings. The lowest BCUT2D eigenvalue weighted by molar-refractivity contribution is 0.415. The Labute approximate surface area is 173 Å². The first-order valence-corrected chi connectivity index (χ1v) is 9.53. The summed E-state index contributed by atoms with van der Waals surface area (Å²) in [6.07, 6.45) is 0. The SMILES string of the molecule is COc1ccc(-c2nc3c(nc(C)c4ccc(-c5ccccc5OC)nc43)o2)cc1. The van der Waals surface area contributed by atoms with Crippen molar-refractivity contribution < 1.29 is 13.9 Å². The molecule has 3 aromatic heterocycles. The van der Waals surface area contributed by atoms with E-state index in [9.17, 15) is 0 Å². The lowest BCUT2D eigenvalue weighted by atomic mass is 10.1. The van der Waals surface area contributed by atoms with Crippen LogP contribution in [-0.4, -0.2) is 29.2 Å². The summed E-state index contributed by atoms with van der Waals surface area (Å²) in [5.41, 5.74) is 5.27. The van der Waals surface area contributed by atoms with Crippen molar-refractivity contribution in [2.75, 3.05) is 14.2 Å². The number of hydrogen-bond acceptors (Lipinski definition) is 6. The predicted molar refractivity (Wildman–Crippen MR) is 116 cm³/mol. The van der Waals surface area contributed by atoms with Crippen molar-refractivity contribution >= 4 is 22.1 Å². The van der Waals surface area contributed by atoms with Crippen LogP contribution in [0.1, 0.15) is 5.69 Å². The van der Waals surface area contributed by atoms with E-state index in [2.05, 4.69) is 4.98 Å². The van der Waals surface area contributed by atoms with E-state index in [0.717, 1.165) is 44.9 Å². The molecule has 0 saturated heterocycles. The Morgan fingerprint density at radius 1 is 0.767 bits per heavy atom. The number of hydrogen-bond donors (Lipinski definition) is 0. The monoisotopic (exact) mass is 397 g/mol. The maximum absolute atomic E-state index is 5.98. The zero-order valence-electron chi connectivity index (χ0n) is 16.8. The molecule has 0 aliphatic heterocycles. The van der Waals surface area contributed by atoms with Gasteiger partial charge in [-0.05, 0) is 55.5 Å². The Balaban J connectivity index is 1.71. The number of pyridine rings is 2. The van der Waals surface area contributed by atoms with E-state index in [1.165, 1.54) is 0 Å². The standard InChI is InChI=1S/C24H19N3O3/c1-14-17-12-13-19(18-6-4-5-7-20(18)29-3)26-21(17)22-24(25-14)30-23(27-22)15-8-10-16(28-2)11-9-15/h4-13H,1-3H3. The molecule has 0 N–H and O–H groups in total. The lowest BCUT2D eigenvalue weighted by Crippen LogP contribution is -1.93. The van der Waals surface area contributed by atoms with Gasteiger partial charge in [0, 0.05) is 16.5 Å². The smallest absolute Gasteiger partial charge is 0.249 e. The van der Waals surface area contributed by atoms with Gasteiger partial charge in [0.15, 0.2) is 5.52 Å². The van der Waals surface area contributed by atoms with E-state index in [4.69, 9.17) is 23.9 Å². The molecular weight excluding hydrogens is 378 g/mol. The number of methoxy groups -OCH3 is 2. The zero-order chi connectivity index (χ0) is 20.7. The number of nitrogens with zero attached hydrogens (tertiary/aromatic N) is 3. The highest BCUT2D eigenvalue weighted by molar-refractivity contribution is 6.01. The maximum Gasteiger partial charge on any atom is 0.249 e. The molecule has 0 radical (unpaired) electrons. The average Bonchev–Trinajstić information content (AvgIpc) is 3.23. The van der Waals surface area contributed by atoms with E-state index >= 15 is 0 Å². The van der Waals surface area contributed by atoms with Crippen LogP contribution in [0.3, 0.4) is 0 Å². The number of aryl methyl sites for hydroxylation is 1. The molecule has 148 valence electrons. The second-order valence-electron chi connectivity index (χ2n) is 6.89. The van der Waals surface area contributed by atoms with Crippen molar-refractivity contribution in [1.29, 1.82) is 0 Å². The Bertz CT molecular complexity index is 1370. The minimum absolute atomic E-state index is 0.468. The normalized spacial score (nSPS) is 11.2. The summed E-state index contributed by atoms with van der Waals surface area (Å²) in [5, 5.41) is 0.940. The molecule has 6 nitrogen and oxygen atoms in total. The molecule has 0 aliphatic carbocycles. The fraction of sp³-hybridized carbons (Fsp3) is 0.125. The van der Waals surface area contributed by atoms with Crippen LogP contribution in [0.4, 0.5) is 0 Å². The quantitative estimate of drug-likeness (QED) is 0.403. The fourth-order valence-electron chi connectivity index (χ4n) is 3.55. The molecule has 0 aliphatic rings. The molecule has 6 heteroatoms. The van der Waals surface area contributed by atoms with Gasteiger partial charge in [0.2, 0.25) is 11.6 Å². The summed E-state index contributed by atoms with van der Waals surface area (Å²) in [6, 6.07) is 19.4. The van der Waals surface area contributed by atoms with Crippen molar-refractivity contribution in [3.63, 3.8) is 0 Å². The molecule has 0 fully saturated rings. The summed E-state index contributed by atoms with van der Waals surface area (Å²) < 4.78 is 16.7. The van der Waals surface area contributed by atoms with Crippen LogP contribution in [0.15, 0.2) is 65.1 Å². The van der Waals surface area contributed by atoms with Crippen LogP contribution in [0, 0.1) is 6.92 Å². The van der Waals surface area contributed by atoms with Crippen molar-refractivity contribution in [2.45, 2.75) is 6.92 Å². The van der Waals surface area contributed by atoms with E-state index < -0.39 is 0 Å². The molecule has 0 amide bonds. The number of benzene rings is 2. The molecule has 5 rings (SSSR count). The molecule has 0 spiro atoms. The molecule has 3 heterocycles. The highest BCUT2D eigenvalue weighted by atomic mass is 16.5. The number of para-hydroxylation sites is 1. The van der Waals surface area contributed by atoms with Gasteiger partial charge in [0.05, 0.1) is 25.6 Å². The van der Waals surface area contributed by atoms with E-state index in [1.807, 2.05) is 67.6 Å². The number of oxazole rings is 1. The van der Waals surface area contributed by atoms with Gasteiger partial charge in [-0.1, -0.05) is 12.1 Å². The van der Waals surface area contributed by atoms with Crippen LogP contribution in [0.2, 0.25) is 0 Å². The van der Waals surface area contributed by atoms with Gasteiger partial charge in [-0.25, -0.2) is 15.0 Å². The van der Waals surface area contributed by atoms with E-state index in [0.29, 0.717) is 17.1 Å². The van der Waals surface area contributed by atoms with Crippen LogP contribution in [-0.2, 0) is 0 Å². The Morgan fingerprint density at radius 2 is 1.57 bits per heavy atom. The molecular formula is C24H19N3O3. The molecule has 0 unspecified atom stereocenters. The summed E-state index contributed by atoms with van der Waals surface area (Å²) >= 11 is 0. The number of ether oxygens (including phenoxy) is 2. The lowest BCUT2D eigenvalue weighted by Gasteiger charge is -2.09. The van der Waals surface area contributed by atoms with Crippen LogP contribution in [0.5, 0.6) is 11.5 Å². The summed E-state index contributed by atoms with van der Waals surface area (Å²) in [6.45, 7) is 1.95. The summed E-state index contributed by atoms with van der Waals surface area (Å²) in [5.74, 6) is 2.04. The van der Waals surface area contributed by atoms with Crippen LogP contribution >= 0.6 is 0 Å². The van der Waals surface area contributed by atoms with Gasteiger partial charge in [-0.2, -0.15) is 0 Å². The molecule has 0 saturated carbocycles. The van der Waals surface area contributed by atoms with Gasteiger partial charge >= 0.3 is 0 Å². The van der Waals surface area contributed by atoms with Gasteiger partial charge in [0.25, 0.3) is 0 Å². The Morgan fingerprint density at radius 3 is 2.33 bits per heavy atom. The number of aromatic nitrogens is 3. The van der Waals surface area contributed by atoms with Crippen LogP contribution < -0.4 is 9.47 Å². The first-order valence-electron chi connectivity index (χ1n) is 9.53. The zero-order valence-corrected chi connectivity index (χ0v) is 16.8. The summed E-state index contributed by atoms with van der Waals surface area (Å²) in [4.78, 5) is 14.2. The molecule has 0 bridgehead atoms. The minimum atomic E-state index is 0.468. The highest BCUT2D eigenvalue weighted by Crippen LogP contribution is 2.33. The maximum atomic E-state index is 5.98. The molecule has 0 atom stereocenters. The Hall–Kier alpha value is -3.93. The Kier molecular flexibility index (Phi) is 4.32. The van der Waals surface area contributed by atoms with Crippen LogP contribution in [0.25, 0.3) is 44.8 Å². The molecule has 30 heavy (non-hydrogen) atoms. The first kappa shape index (κ1) is 18.1. The number of fused-ring (bicyclic) bond motifs is 3. The first-order chi connectivity index (χ1) is 14.7. The van der Waals surface area contributed by atoms with Crippen molar-refractivity contribution in [2.24, 2.45) is 0 Å². The van der Waals surface area contributed by atoms with Gasteiger partial charge < -0.3 is 13.9 Å². The van der Waals surface area contributed by atoms with Crippen molar-refractivity contribution in [3.8, 4) is 34.2 Å². The predicted octanol–water partition coefficient (Wildman–Crippen LogP) is 5.43. The highest BCUT2D eigenvalue weighted by Gasteiger charge is 2.17. The van der Waals surface area contributed by atoms with Gasteiger partial charge in [0.1, 0.15) is 17.0 Å². The second-order valence-corrected chi connectivity index (χ2v) is 6.89. The largest absolute Gasteiger partial charge is 0.497 e. The topological polar surface area (TPSA) is 70.3 Å². The van der Waals surface area contributed by atoms with E-state index in [-0.39, 0.29) is 0 Å². The van der Waals surface area contributed by atoms with E-state index in [1.54, 1.807) is 14.2 Å². The van der Waals surface area contributed by atoms with Gasteiger partial charge in [-0.15, -0.1) is 0 Å². The van der Waals surface area contributed by atoms with Crippen molar-refractivity contribution in [3.05, 3.63) is 66.4 Å². The van der Waals surface area contributed by atoms with Crippen molar-refractivity contribution in [1.82, 2.24) is 15.0 Å². The minimum Gasteiger partial charge on any atom is -0.497 e. The molecule has 2 aromatic carbocycles. The average molecular weight is 397 g/mol. The van der Waals surface area contributed by atoms with Gasteiger partial charge in [-0.3, -0.25) is 0 Å². The third-order valence-corrected chi connectivity index (χ3v) is 5.11. The third kappa shape index (κ3) is 2.93. The second kappa shape index (κ2) is 7.15. The fourth-order valence-corrected chi connectivity index (χ4v) is 3.55. The third-order valence-electron chi connectivity index (χ3n) is 5.11. The summed E-state index contributed by atoms with van der Waals surface area (Å²) in [7, 11) is 3.29. The number of rotatable bonds is 4.